The van der Waals surface area contributed by atoms with Crippen LogP contribution in [0.1, 0.15) is 48.9 Å². The molecule has 0 aromatic heterocycles. The van der Waals surface area contributed by atoms with Crippen LogP contribution in [0, 0.1) is 0 Å². The average molecular weight is 729 g/mol. The second kappa shape index (κ2) is 13.5. The summed E-state index contributed by atoms with van der Waals surface area (Å²) in [7, 11) is 1.72. The van der Waals surface area contributed by atoms with Crippen LogP contribution in [0.15, 0.2) is 120 Å². The number of ether oxygens (including phenoxy) is 4. The molecule has 3 heterocycles. The van der Waals surface area contributed by atoms with Crippen LogP contribution in [0.25, 0.3) is 39.1 Å². The van der Waals surface area contributed by atoms with Crippen molar-refractivity contribution in [3.63, 3.8) is 0 Å². The molecule has 0 saturated carbocycles. The average Bonchev–Trinajstić information content (AvgIpc) is 3.50. The lowest BCUT2D eigenvalue weighted by molar-refractivity contribution is 0.0516. The van der Waals surface area contributed by atoms with Gasteiger partial charge in [-0.25, -0.2) is 0 Å². The van der Waals surface area contributed by atoms with Gasteiger partial charge in [0, 0.05) is 59.5 Å². The van der Waals surface area contributed by atoms with Crippen molar-refractivity contribution in [2.24, 2.45) is 0 Å². The molecule has 0 N–H and O–H groups in total. The number of allylic oxidation sites excluding steroid dienone is 3. The number of fused-ring (bicyclic) bond motifs is 8. The topological polar surface area (TPSA) is 43.4 Å². The van der Waals surface area contributed by atoms with Crippen LogP contribution in [-0.4, -0.2) is 64.6 Å². The summed E-state index contributed by atoms with van der Waals surface area (Å²) in [5, 5.41) is 2.38. The van der Waals surface area contributed by atoms with Crippen LogP contribution in [0.2, 0.25) is 0 Å². The Morgan fingerprint density at radius 2 is 1.44 bits per heavy atom. The number of hydrogen-bond donors (Lipinski definition) is 0. The highest BCUT2D eigenvalue weighted by Crippen LogP contribution is 2.59. The Balaban J connectivity index is 1.18. The maximum absolute atomic E-state index is 7.76. The van der Waals surface area contributed by atoms with Crippen molar-refractivity contribution in [1.29, 1.82) is 0 Å². The van der Waals surface area contributed by atoms with E-state index in [9.17, 15) is 0 Å². The summed E-state index contributed by atoms with van der Waals surface area (Å²) in [6, 6.07) is 33.3. The molecule has 2 aliphatic carbocycles. The third kappa shape index (κ3) is 5.60. The lowest BCUT2D eigenvalue weighted by atomic mass is 9.75. The van der Waals surface area contributed by atoms with Crippen molar-refractivity contribution in [2.75, 3.05) is 64.6 Å². The molecule has 1 unspecified atom stereocenters. The third-order valence-corrected chi connectivity index (χ3v) is 12.6. The summed E-state index contributed by atoms with van der Waals surface area (Å²) in [5.74, 6) is 1.79. The zero-order valence-corrected chi connectivity index (χ0v) is 32.1. The first kappa shape index (κ1) is 34.2. The second-order valence-electron chi connectivity index (χ2n) is 15.9. The molecule has 278 valence electrons. The first-order chi connectivity index (χ1) is 26.9. The molecule has 6 heteroatoms. The second-order valence-corrected chi connectivity index (χ2v) is 15.9. The fourth-order valence-corrected chi connectivity index (χ4v) is 9.70. The van der Waals surface area contributed by atoms with E-state index in [0.717, 1.165) is 87.9 Å². The maximum atomic E-state index is 7.76. The van der Waals surface area contributed by atoms with Gasteiger partial charge in [-0.15, -0.1) is 0 Å². The van der Waals surface area contributed by atoms with Crippen LogP contribution in [0.4, 0.5) is 5.69 Å². The van der Waals surface area contributed by atoms with E-state index in [-0.39, 0.29) is 5.41 Å². The van der Waals surface area contributed by atoms with Gasteiger partial charge >= 0.3 is 0 Å². The molecule has 5 aromatic rings. The number of hydrogen-bond acceptors (Lipinski definition) is 6. The van der Waals surface area contributed by atoms with Gasteiger partial charge < -0.3 is 28.7 Å². The lowest BCUT2D eigenvalue weighted by Crippen LogP contribution is -2.38. The number of benzene rings is 5. The molecule has 0 spiro atoms. The predicted molar refractivity (Wildman–Crippen MR) is 222 cm³/mol. The standard InChI is InChI=1S/C49H48N2O4/c1-48(2)44-31-34(33-7-5-4-6-8-33)9-19-41(44)45-40-20-16-38(51-25-29-54-30-26-51)32-43(40)47-42(46(45)48)21-22-49(55-47,36-12-17-39(52-3)18-13-36)35-10-14-37(15-11-35)50-23-27-53-28-24-50/h4-10,12-14,16-22,31-32H,11,15,23-30H2,1-3H3. The summed E-state index contributed by atoms with van der Waals surface area (Å²) in [5.41, 5.74) is 12.9. The minimum Gasteiger partial charge on any atom is -0.497 e. The molecule has 5 aromatic carbocycles. The number of morpholine rings is 2. The van der Waals surface area contributed by atoms with Crippen LogP contribution in [-0.2, 0) is 20.5 Å². The Morgan fingerprint density at radius 1 is 0.691 bits per heavy atom. The van der Waals surface area contributed by atoms with E-state index < -0.39 is 5.60 Å². The van der Waals surface area contributed by atoms with Gasteiger partial charge in [0.2, 0.25) is 0 Å². The summed E-state index contributed by atoms with van der Waals surface area (Å²) in [4.78, 5) is 4.93. The van der Waals surface area contributed by atoms with E-state index in [1.807, 2.05) is 0 Å². The predicted octanol–water partition coefficient (Wildman–Crippen LogP) is 9.90. The monoisotopic (exact) mass is 728 g/mol. The molecule has 10 rings (SSSR count). The molecule has 3 aliphatic heterocycles. The Labute approximate surface area is 324 Å². The van der Waals surface area contributed by atoms with Crippen molar-refractivity contribution in [3.05, 3.63) is 143 Å². The summed E-state index contributed by atoms with van der Waals surface area (Å²) >= 11 is 0. The van der Waals surface area contributed by atoms with E-state index in [2.05, 4.69) is 139 Å². The molecular formula is C49H48N2O4. The van der Waals surface area contributed by atoms with Crippen molar-refractivity contribution in [3.8, 4) is 33.8 Å². The molecule has 2 fully saturated rings. The first-order valence-electron chi connectivity index (χ1n) is 19.9. The fourth-order valence-electron chi connectivity index (χ4n) is 9.70. The van der Waals surface area contributed by atoms with Gasteiger partial charge in [0.1, 0.15) is 11.5 Å². The maximum Gasteiger partial charge on any atom is 0.174 e. The van der Waals surface area contributed by atoms with E-state index in [1.165, 1.54) is 61.3 Å². The number of nitrogens with zero attached hydrogens (tertiary/aromatic N) is 2. The van der Waals surface area contributed by atoms with E-state index >= 15 is 0 Å². The summed E-state index contributed by atoms with van der Waals surface area (Å²) in [6.07, 6.45) is 11.2. The Bertz CT molecular complexity index is 2380. The molecule has 2 saturated heterocycles. The zero-order chi connectivity index (χ0) is 37.1. The Morgan fingerprint density at radius 3 is 2.15 bits per heavy atom. The van der Waals surface area contributed by atoms with E-state index in [4.69, 9.17) is 18.9 Å². The van der Waals surface area contributed by atoms with Gasteiger partial charge in [-0.3, -0.25) is 0 Å². The van der Waals surface area contributed by atoms with Gasteiger partial charge in [-0.05, 0) is 99.7 Å². The molecular weight excluding hydrogens is 681 g/mol. The molecule has 6 nitrogen and oxygen atoms in total. The van der Waals surface area contributed by atoms with Gasteiger partial charge in [-0.2, -0.15) is 0 Å². The van der Waals surface area contributed by atoms with Gasteiger partial charge in [0.25, 0.3) is 0 Å². The van der Waals surface area contributed by atoms with Crippen molar-refractivity contribution >= 4 is 22.5 Å². The molecule has 0 bridgehead atoms. The van der Waals surface area contributed by atoms with Crippen molar-refractivity contribution < 1.29 is 18.9 Å². The quantitative estimate of drug-likeness (QED) is 0.174. The zero-order valence-electron chi connectivity index (χ0n) is 32.1. The molecule has 55 heavy (non-hydrogen) atoms. The highest BCUT2D eigenvalue weighted by Gasteiger charge is 2.45. The fraction of sp³-hybridized carbons (Fsp3) is 0.306. The van der Waals surface area contributed by atoms with Gasteiger partial charge in [0.15, 0.2) is 5.60 Å². The van der Waals surface area contributed by atoms with Crippen LogP contribution in [0.5, 0.6) is 11.5 Å². The third-order valence-electron chi connectivity index (χ3n) is 12.6. The van der Waals surface area contributed by atoms with Crippen LogP contribution < -0.4 is 14.4 Å². The molecule has 0 radical (unpaired) electrons. The van der Waals surface area contributed by atoms with E-state index in [1.54, 1.807) is 7.11 Å². The van der Waals surface area contributed by atoms with Crippen LogP contribution in [0.3, 0.4) is 0 Å². The lowest BCUT2D eigenvalue weighted by Gasteiger charge is -2.41. The highest BCUT2D eigenvalue weighted by atomic mass is 16.5. The smallest absolute Gasteiger partial charge is 0.174 e. The van der Waals surface area contributed by atoms with Crippen LogP contribution >= 0.6 is 0 Å². The summed E-state index contributed by atoms with van der Waals surface area (Å²) < 4.78 is 24.8. The van der Waals surface area contributed by atoms with Crippen molar-refractivity contribution in [2.45, 2.75) is 37.7 Å². The van der Waals surface area contributed by atoms with Gasteiger partial charge in [-0.1, -0.05) is 86.7 Å². The Hall–Kier alpha value is -5.30. The molecule has 1 atom stereocenters. The largest absolute Gasteiger partial charge is 0.497 e. The Kier molecular flexibility index (Phi) is 8.38. The normalized spacial score (nSPS) is 21.3. The SMILES string of the molecule is COc1ccc(C2(C3=CC=C(N4CCOCC4)CC3)C=Cc3c4c(c5ccc(N6CCOCC6)cc5c3O2)-c2ccc(-c3ccccc3)cc2C4(C)C)cc1. The minimum absolute atomic E-state index is 0.260. The molecule has 5 aliphatic rings. The highest BCUT2D eigenvalue weighted by molar-refractivity contribution is 6.09. The van der Waals surface area contributed by atoms with Crippen molar-refractivity contribution in [1.82, 2.24) is 4.90 Å². The number of methoxy groups -OCH3 is 1. The number of rotatable bonds is 6. The molecule has 0 amide bonds. The minimum atomic E-state index is -0.793. The summed E-state index contributed by atoms with van der Waals surface area (Å²) in [6.45, 7) is 11.4. The number of anilines is 1. The first-order valence-corrected chi connectivity index (χ1v) is 19.9. The van der Waals surface area contributed by atoms with E-state index in [0.29, 0.717) is 0 Å². The van der Waals surface area contributed by atoms with Gasteiger partial charge in [0.05, 0.1) is 33.5 Å².